The quantitative estimate of drug-likeness (QED) is 0.180. The van der Waals surface area contributed by atoms with E-state index in [2.05, 4.69) is 142 Å². The fourth-order valence-corrected chi connectivity index (χ4v) is 24.3. The van der Waals surface area contributed by atoms with Gasteiger partial charge in [0.25, 0.3) is 0 Å². The van der Waals surface area contributed by atoms with Gasteiger partial charge in [-0.2, -0.15) is 0 Å². The molecule has 0 heterocycles. The van der Waals surface area contributed by atoms with Gasteiger partial charge in [0.15, 0.2) is 0 Å². The zero-order valence-electron chi connectivity index (χ0n) is 37.2. The van der Waals surface area contributed by atoms with Crippen LogP contribution in [0.4, 0.5) is 0 Å². The molecule has 0 saturated heterocycles. The van der Waals surface area contributed by atoms with E-state index in [1.54, 1.807) is 99.3 Å². The molecule has 0 aromatic heterocycles. The molecule has 2 heteroatoms. The van der Waals surface area contributed by atoms with Crippen LogP contribution in [-0.2, 0) is 23.2 Å². The van der Waals surface area contributed by atoms with Gasteiger partial charge in [0, 0.05) is 10.8 Å². The maximum absolute atomic E-state index is 2.90. The van der Waals surface area contributed by atoms with E-state index in [9.17, 15) is 0 Å². The molecule has 3 aromatic carbocycles. The van der Waals surface area contributed by atoms with Gasteiger partial charge in [-0.15, -0.1) is 0 Å². The SMILES string of the molecule is CC(C)(c1ccccc1)c1cc(CP(C(C)(C)C)C(C)(C)C)c(CP(C23CC4CC(CC(C4)C2)C3)C23CC4CC(CC(C4)C2)C3)cc1C(C)(C)c1ccccc1. The normalized spacial score (nSPS) is 33.1. The minimum absolute atomic E-state index is 0.112. The third-order valence-electron chi connectivity index (χ3n) is 17.1. The van der Waals surface area contributed by atoms with Gasteiger partial charge in [-0.25, -0.2) is 0 Å². The lowest BCUT2D eigenvalue weighted by Crippen LogP contribution is -2.56. The first-order valence-electron chi connectivity index (χ1n) is 23.2. The van der Waals surface area contributed by atoms with Crippen LogP contribution in [0.2, 0.25) is 0 Å². The van der Waals surface area contributed by atoms with Crippen LogP contribution in [0, 0.1) is 35.5 Å². The van der Waals surface area contributed by atoms with Gasteiger partial charge in [-0.1, -0.05) is 158 Å². The monoisotopic (exact) mass is 787 g/mol. The predicted octanol–water partition coefficient (Wildman–Crippen LogP) is 15.8. The fraction of sp³-hybridized carbons (Fsp3) is 0.667. The van der Waals surface area contributed by atoms with Crippen molar-refractivity contribution in [3.63, 3.8) is 0 Å². The Morgan fingerprint density at radius 1 is 0.446 bits per heavy atom. The molecule has 0 radical (unpaired) electrons. The highest BCUT2D eigenvalue weighted by atomic mass is 31.1. The highest BCUT2D eigenvalue weighted by molar-refractivity contribution is 7.60. The molecule has 8 aliphatic rings. The van der Waals surface area contributed by atoms with Gasteiger partial charge in [0.1, 0.15) is 0 Å². The van der Waals surface area contributed by atoms with Crippen molar-refractivity contribution in [1.82, 2.24) is 0 Å². The van der Waals surface area contributed by atoms with Crippen LogP contribution in [0.5, 0.6) is 0 Å². The van der Waals surface area contributed by atoms with Crippen molar-refractivity contribution in [3.8, 4) is 0 Å². The number of benzene rings is 3. The maximum atomic E-state index is 2.90. The topological polar surface area (TPSA) is 0 Å². The Labute approximate surface area is 346 Å². The van der Waals surface area contributed by atoms with Crippen LogP contribution in [0.25, 0.3) is 0 Å². The average molecular weight is 787 g/mol. The van der Waals surface area contributed by atoms with Gasteiger partial charge in [0.05, 0.1) is 0 Å². The Morgan fingerprint density at radius 2 is 0.750 bits per heavy atom. The number of rotatable bonds is 10. The van der Waals surface area contributed by atoms with E-state index in [4.69, 9.17) is 0 Å². The third kappa shape index (κ3) is 7.06. The van der Waals surface area contributed by atoms with E-state index in [0.29, 0.717) is 10.3 Å². The molecular weight excluding hydrogens is 711 g/mol. The zero-order valence-corrected chi connectivity index (χ0v) is 39.0. The van der Waals surface area contributed by atoms with E-state index in [1.807, 2.05) is 0 Å². The lowest BCUT2D eigenvalue weighted by Gasteiger charge is -2.67. The molecular formula is C54H76P2. The fourth-order valence-electron chi connectivity index (χ4n) is 15.5. The predicted molar refractivity (Wildman–Crippen MR) is 246 cm³/mol. The first kappa shape index (κ1) is 40.0. The molecule has 0 aliphatic heterocycles. The van der Waals surface area contributed by atoms with Crippen molar-refractivity contribution in [2.75, 3.05) is 0 Å². The molecule has 8 aliphatic carbocycles. The first-order chi connectivity index (χ1) is 26.3. The zero-order chi connectivity index (χ0) is 39.5. The molecule has 8 saturated carbocycles. The van der Waals surface area contributed by atoms with Crippen LogP contribution in [0.3, 0.4) is 0 Å². The molecule has 56 heavy (non-hydrogen) atoms. The lowest BCUT2D eigenvalue weighted by molar-refractivity contribution is 0.0184. The van der Waals surface area contributed by atoms with Crippen LogP contribution < -0.4 is 0 Å². The Morgan fingerprint density at radius 3 is 1.05 bits per heavy atom. The van der Waals surface area contributed by atoms with Gasteiger partial charge >= 0.3 is 0 Å². The third-order valence-corrected chi connectivity index (χ3v) is 25.0. The van der Waals surface area contributed by atoms with Crippen LogP contribution in [-0.4, -0.2) is 20.6 Å². The second kappa shape index (κ2) is 14.0. The highest BCUT2D eigenvalue weighted by Crippen LogP contribution is 2.80. The second-order valence-corrected chi connectivity index (χ2v) is 30.9. The van der Waals surface area contributed by atoms with Gasteiger partial charge in [-0.05, 0) is 179 Å². The highest BCUT2D eigenvalue weighted by Gasteiger charge is 2.62. The van der Waals surface area contributed by atoms with E-state index in [0.717, 1.165) is 35.5 Å². The van der Waals surface area contributed by atoms with Gasteiger partial charge in [0.2, 0.25) is 0 Å². The maximum Gasteiger partial charge on any atom is 0.0149 e. The lowest BCUT2D eigenvalue weighted by atomic mass is 9.55. The molecule has 0 unspecified atom stereocenters. The molecule has 11 rings (SSSR count). The first-order valence-corrected chi connectivity index (χ1v) is 26.2. The molecule has 0 N–H and O–H groups in total. The summed E-state index contributed by atoms with van der Waals surface area (Å²) in [5.41, 5.74) is 9.30. The molecule has 0 spiro atoms. The van der Waals surface area contributed by atoms with Crippen LogP contribution in [0.1, 0.15) is 180 Å². The Bertz CT molecular complexity index is 1760. The minimum atomic E-state index is -0.291. The number of hydrogen-bond donors (Lipinski definition) is 0. The van der Waals surface area contributed by atoms with Crippen molar-refractivity contribution in [2.24, 2.45) is 35.5 Å². The number of hydrogen-bond acceptors (Lipinski definition) is 0. The molecule has 0 nitrogen and oxygen atoms in total. The Hall–Kier alpha value is -1.48. The molecule has 302 valence electrons. The van der Waals surface area contributed by atoms with Crippen LogP contribution >= 0.6 is 15.8 Å². The summed E-state index contributed by atoms with van der Waals surface area (Å²) in [6, 6.07) is 28.8. The van der Waals surface area contributed by atoms with E-state index in [-0.39, 0.29) is 37.0 Å². The van der Waals surface area contributed by atoms with Gasteiger partial charge < -0.3 is 0 Å². The second-order valence-electron chi connectivity index (χ2n) is 23.9. The summed E-state index contributed by atoms with van der Waals surface area (Å²) in [6.45, 7) is 25.5. The van der Waals surface area contributed by atoms with Crippen molar-refractivity contribution in [1.29, 1.82) is 0 Å². The van der Waals surface area contributed by atoms with E-state index >= 15 is 0 Å². The van der Waals surface area contributed by atoms with Crippen molar-refractivity contribution < 1.29 is 0 Å². The summed E-state index contributed by atoms with van der Waals surface area (Å²) in [5.74, 6) is 6.14. The van der Waals surface area contributed by atoms with Crippen molar-refractivity contribution in [3.05, 3.63) is 106 Å². The van der Waals surface area contributed by atoms with Crippen molar-refractivity contribution >= 4 is 15.8 Å². The molecule has 3 aromatic rings. The van der Waals surface area contributed by atoms with Gasteiger partial charge in [-0.3, -0.25) is 0 Å². The molecule has 0 amide bonds. The minimum Gasteiger partial charge on any atom is -0.0911 e. The van der Waals surface area contributed by atoms with Crippen molar-refractivity contribution in [2.45, 2.75) is 190 Å². The molecule has 8 fully saturated rings. The standard InChI is InChI=1S/C54H76P2/c1-49(2,3)55(50(4,5)6)35-43-27-47(51(7,8)45-17-13-11-14-18-45)48(52(9,10)46-19-15-12-16-20-46)28-44(43)36-56(53-29-37-21-38(30-53)23-39(22-37)31-53)54-32-40-24-41(33-54)26-42(25-40)34-54/h11-20,27-28,37-42H,21-26,29-36H2,1-10H3. The Kier molecular flexibility index (Phi) is 10.0. The summed E-state index contributed by atoms with van der Waals surface area (Å²) >= 11 is 0. The smallest absolute Gasteiger partial charge is 0.0149 e. The van der Waals surface area contributed by atoms with E-state index < -0.39 is 0 Å². The molecule has 8 bridgehead atoms. The summed E-state index contributed by atoms with van der Waals surface area (Å²) in [4.78, 5) is 0. The summed E-state index contributed by atoms with van der Waals surface area (Å²) in [5, 5.41) is 1.82. The summed E-state index contributed by atoms with van der Waals surface area (Å²) in [7, 11) is -0.451. The Balaban J connectivity index is 1.27. The summed E-state index contributed by atoms with van der Waals surface area (Å²) in [6.07, 6.45) is 21.5. The molecule has 0 atom stereocenters. The average Bonchev–Trinajstić information content (AvgIpc) is 3.11. The van der Waals surface area contributed by atoms with E-state index in [1.165, 1.54) is 23.5 Å². The summed E-state index contributed by atoms with van der Waals surface area (Å²) < 4.78 is 0. The largest absolute Gasteiger partial charge is 0.0911 e. The van der Waals surface area contributed by atoms with Crippen LogP contribution in [0.15, 0.2) is 72.8 Å².